The van der Waals surface area contributed by atoms with Crippen molar-refractivity contribution < 1.29 is 19.1 Å². The van der Waals surface area contributed by atoms with Crippen LogP contribution in [0.1, 0.15) is 75.0 Å². The van der Waals surface area contributed by atoms with Gasteiger partial charge in [-0.05, 0) is 76.5 Å². The zero-order valence-electron chi connectivity index (χ0n) is 21.0. The van der Waals surface area contributed by atoms with Gasteiger partial charge in [-0.25, -0.2) is 9.48 Å². The van der Waals surface area contributed by atoms with Crippen LogP contribution in [-0.2, 0) is 15.9 Å². The van der Waals surface area contributed by atoms with E-state index in [4.69, 9.17) is 9.47 Å². The minimum atomic E-state index is -0.498. The number of likely N-dealkylation sites (tertiary alicyclic amines) is 1. The highest BCUT2D eigenvalue weighted by atomic mass is 16.6. The molecule has 0 N–H and O–H groups in total. The number of hydrogen-bond donors (Lipinski definition) is 0. The second-order valence-corrected chi connectivity index (χ2v) is 10.8. The summed E-state index contributed by atoms with van der Waals surface area (Å²) in [5.74, 6) is 0.0971. The second kappa shape index (κ2) is 9.64. The molecule has 2 fully saturated rings. The van der Waals surface area contributed by atoms with Crippen LogP contribution in [0.25, 0.3) is 11.1 Å². The van der Waals surface area contributed by atoms with Crippen molar-refractivity contribution in [1.29, 1.82) is 0 Å². The molecule has 0 aliphatic carbocycles. The Labute approximate surface area is 207 Å². The van der Waals surface area contributed by atoms with Crippen molar-refractivity contribution in [2.24, 2.45) is 0 Å². The molecule has 2 amide bonds. The predicted octanol–water partition coefficient (Wildman–Crippen LogP) is 4.65. The van der Waals surface area contributed by atoms with Gasteiger partial charge < -0.3 is 19.3 Å². The van der Waals surface area contributed by atoms with Gasteiger partial charge in [0.1, 0.15) is 11.8 Å². The molecule has 0 saturated carbocycles. The molecule has 0 bridgehead atoms. The Balaban J connectivity index is 1.23. The summed E-state index contributed by atoms with van der Waals surface area (Å²) in [6.07, 6.45) is 9.35. The maximum atomic E-state index is 13.4. The second-order valence-electron chi connectivity index (χ2n) is 10.8. The summed E-state index contributed by atoms with van der Waals surface area (Å²) < 4.78 is 13.3. The lowest BCUT2D eigenvalue weighted by Crippen LogP contribution is -2.51. The molecule has 8 heteroatoms. The van der Waals surface area contributed by atoms with Gasteiger partial charge in [0.2, 0.25) is 0 Å². The highest BCUT2D eigenvalue weighted by Crippen LogP contribution is 2.30. The fourth-order valence-corrected chi connectivity index (χ4v) is 5.30. The number of benzene rings is 1. The van der Waals surface area contributed by atoms with Crippen LogP contribution >= 0.6 is 0 Å². The highest BCUT2D eigenvalue weighted by molar-refractivity contribution is 5.97. The zero-order valence-corrected chi connectivity index (χ0v) is 21.0. The molecule has 188 valence electrons. The molecule has 5 rings (SSSR count). The quantitative estimate of drug-likeness (QED) is 0.639. The number of nitrogens with zero attached hydrogens (tertiary/aromatic N) is 4. The topological polar surface area (TPSA) is 76.9 Å². The fraction of sp³-hybridized carbons (Fsp3) is 0.593. The molecule has 0 spiro atoms. The maximum absolute atomic E-state index is 13.4. The van der Waals surface area contributed by atoms with Crippen LogP contribution in [0.2, 0.25) is 0 Å². The third kappa shape index (κ3) is 5.22. The van der Waals surface area contributed by atoms with Crippen molar-refractivity contribution in [3.8, 4) is 11.1 Å². The van der Waals surface area contributed by atoms with Crippen molar-refractivity contribution in [2.45, 2.75) is 77.2 Å². The normalized spacial score (nSPS) is 21.7. The van der Waals surface area contributed by atoms with Gasteiger partial charge in [-0.15, -0.1) is 0 Å². The van der Waals surface area contributed by atoms with Crippen LogP contribution < -0.4 is 0 Å². The molecule has 0 radical (unpaired) electrons. The van der Waals surface area contributed by atoms with E-state index in [-0.39, 0.29) is 24.3 Å². The molecule has 1 aromatic heterocycles. The van der Waals surface area contributed by atoms with Crippen LogP contribution in [-0.4, -0.2) is 69.5 Å². The van der Waals surface area contributed by atoms with Gasteiger partial charge in [0, 0.05) is 49.6 Å². The third-order valence-electron chi connectivity index (χ3n) is 7.16. The maximum Gasteiger partial charge on any atom is 0.410 e. The average molecular weight is 481 g/mol. The summed E-state index contributed by atoms with van der Waals surface area (Å²) in [5, 5.41) is 4.53. The molecule has 4 heterocycles. The van der Waals surface area contributed by atoms with Crippen molar-refractivity contribution in [3.63, 3.8) is 0 Å². The largest absolute Gasteiger partial charge is 0.444 e. The van der Waals surface area contributed by atoms with E-state index in [0.717, 1.165) is 67.4 Å². The first-order valence-electron chi connectivity index (χ1n) is 12.9. The Bertz CT molecular complexity index is 1080. The van der Waals surface area contributed by atoms with E-state index in [1.165, 1.54) is 0 Å². The van der Waals surface area contributed by atoms with Gasteiger partial charge >= 0.3 is 6.09 Å². The molecule has 35 heavy (non-hydrogen) atoms. The number of fused-ring (bicyclic) bond motifs is 1. The van der Waals surface area contributed by atoms with Crippen LogP contribution in [0, 0.1) is 0 Å². The lowest BCUT2D eigenvalue weighted by atomic mass is 9.92. The minimum absolute atomic E-state index is 0.0204. The number of hydrogen-bond acceptors (Lipinski definition) is 5. The molecule has 8 nitrogen and oxygen atoms in total. The number of piperidine rings is 1. The Morgan fingerprint density at radius 3 is 2.60 bits per heavy atom. The number of rotatable bonds is 3. The fourth-order valence-electron chi connectivity index (χ4n) is 5.30. The van der Waals surface area contributed by atoms with E-state index in [0.29, 0.717) is 19.6 Å². The summed E-state index contributed by atoms with van der Waals surface area (Å²) in [6, 6.07) is 6.28. The zero-order chi connectivity index (χ0) is 24.6. The predicted molar refractivity (Wildman–Crippen MR) is 132 cm³/mol. The standard InChI is InChI=1S/C27H36N4O4/c1-27(2,3)35-26(33)29-12-10-22(11-13-29)30-14-9-20-16-19(7-8-23(20)25(30)32)21-17-28-31(18-21)24-6-4-5-15-34-24/h7-8,16-18,22,24H,4-6,9-15H2,1-3H3. The molecule has 1 atom stereocenters. The summed E-state index contributed by atoms with van der Waals surface area (Å²) in [7, 11) is 0. The Morgan fingerprint density at radius 1 is 1.09 bits per heavy atom. The summed E-state index contributed by atoms with van der Waals surface area (Å²) in [5.41, 5.74) is 3.51. The summed E-state index contributed by atoms with van der Waals surface area (Å²) >= 11 is 0. The lowest BCUT2D eigenvalue weighted by Gasteiger charge is -2.40. The molecule has 2 saturated heterocycles. The van der Waals surface area contributed by atoms with Crippen LogP contribution in [0.5, 0.6) is 0 Å². The molecule has 3 aliphatic heterocycles. The molecule has 1 unspecified atom stereocenters. The highest BCUT2D eigenvalue weighted by Gasteiger charge is 2.34. The van der Waals surface area contributed by atoms with Crippen LogP contribution in [0.4, 0.5) is 4.79 Å². The Morgan fingerprint density at radius 2 is 1.89 bits per heavy atom. The van der Waals surface area contributed by atoms with Gasteiger partial charge in [0.25, 0.3) is 5.91 Å². The van der Waals surface area contributed by atoms with Gasteiger partial charge in [-0.2, -0.15) is 5.10 Å². The van der Waals surface area contributed by atoms with E-state index in [1.807, 2.05) is 54.9 Å². The van der Waals surface area contributed by atoms with Crippen molar-refractivity contribution in [3.05, 3.63) is 41.7 Å². The van der Waals surface area contributed by atoms with E-state index in [9.17, 15) is 9.59 Å². The smallest absolute Gasteiger partial charge is 0.410 e. The number of aromatic nitrogens is 2. The molecule has 1 aromatic carbocycles. The van der Waals surface area contributed by atoms with Gasteiger partial charge in [0.05, 0.1) is 6.20 Å². The lowest BCUT2D eigenvalue weighted by molar-refractivity contribution is -0.0394. The minimum Gasteiger partial charge on any atom is -0.444 e. The third-order valence-corrected chi connectivity index (χ3v) is 7.16. The number of carbonyl (C=O) groups excluding carboxylic acids is 2. The molecular weight excluding hydrogens is 444 g/mol. The molecule has 3 aliphatic rings. The van der Waals surface area contributed by atoms with Gasteiger partial charge in [-0.1, -0.05) is 12.1 Å². The molecular formula is C27H36N4O4. The Hall–Kier alpha value is -2.87. The summed E-state index contributed by atoms with van der Waals surface area (Å²) in [4.78, 5) is 29.5. The SMILES string of the molecule is CC(C)(C)OC(=O)N1CCC(N2CCc3cc(-c4cnn(C5CCCCO5)c4)ccc3C2=O)CC1. The number of ether oxygens (including phenoxy) is 2. The Kier molecular flexibility index (Phi) is 6.57. The van der Waals surface area contributed by atoms with Crippen molar-refractivity contribution in [1.82, 2.24) is 19.6 Å². The van der Waals surface area contributed by atoms with E-state index in [2.05, 4.69) is 11.2 Å². The first kappa shape index (κ1) is 23.9. The van der Waals surface area contributed by atoms with Crippen molar-refractivity contribution in [2.75, 3.05) is 26.2 Å². The van der Waals surface area contributed by atoms with Gasteiger partial charge in [-0.3, -0.25) is 4.79 Å². The van der Waals surface area contributed by atoms with E-state index in [1.54, 1.807) is 4.90 Å². The van der Waals surface area contributed by atoms with Gasteiger partial charge in [0.15, 0.2) is 0 Å². The van der Waals surface area contributed by atoms with Crippen molar-refractivity contribution >= 4 is 12.0 Å². The summed E-state index contributed by atoms with van der Waals surface area (Å²) in [6.45, 7) is 8.37. The van der Waals surface area contributed by atoms with E-state index >= 15 is 0 Å². The molecule has 2 aromatic rings. The first-order chi connectivity index (χ1) is 16.8. The van der Waals surface area contributed by atoms with E-state index < -0.39 is 5.60 Å². The number of amides is 2. The first-order valence-corrected chi connectivity index (χ1v) is 12.9. The average Bonchev–Trinajstić information content (AvgIpc) is 3.34. The number of carbonyl (C=O) groups is 2. The van der Waals surface area contributed by atoms with Crippen LogP contribution in [0.3, 0.4) is 0 Å². The monoisotopic (exact) mass is 480 g/mol. The van der Waals surface area contributed by atoms with Crippen LogP contribution in [0.15, 0.2) is 30.6 Å².